The van der Waals surface area contributed by atoms with E-state index in [4.69, 9.17) is 5.11 Å². The average Bonchev–Trinajstić information content (AvgIpc) is 2.69. The zero-order chi connectivity index (χ0) is 15.6. The topological polar surface area (TPSA) is 69.6 Å². The molecule has 0 aromatic rings. The van der Waals surface area contributed by atoms with Gasteiger partial charge >= 0.3 is 12.0 Å². The lowest BCUT2D eigenvalue weighted by Gasteiger charge is -2.39. The Morgan fingerprint density at radius 2 is 1.81 bits per heavy atom. The van der Waals surface area contributed by atoms with Gasteiger partial charge in [-0.1, -0.05) is 20.3 Å². The molecule has 4 unspecified atom stereocenters. The maximum atomic E-state index is 12.5. The second-order valence-corrected chi connectivity index (χ2v) is 6.85. The first kappa shape index (κ1) is 16.1. The van der Waals surface area contributed by atoms with Crippen molar-refractivity contribution >= 4 is 12.0 Å². The molecule has 5 nitrogen and oxygen atoms in total. The van der Waals surface area contributed by atoms with E-state index in [2.05, 4.69) is 26.1 Å². The van der Waals surface area contributed by atoms with Crippen molar-refractivity contribution in [3.8, 4) is 0 Å². The molecule has 0 saturated carbocycles. The zero-order valence-corrected chi connectivity index (χ0v) is 13.3. The van der Waals surface area contributed by atoms with E-state index in [1.807, 2.05) is 4.90 Å². The van der Waals surface area contributed by atoms with Crippen LogP contribution in [0.1, 0.15) is 59.3 Å². The number of rotatable bonds is 5. The van der Waals surface area contributed by atoms with Crippen LogP contribution in [0.3, 0.4) is 0 Å². The first-order valence-corrected chi connectivity index (χ1v) is 8.23. The lowest BCUT2D eigenvalue weighted by Crippen LogP contribution is -2.53. The van der Waals surface area contributed by atoms with Crippen LogP contribution in [0.15, 0.2) is 0 Å². The molecule has 0 aromatic carbocycles. The maximum absolute atomic E-state index is 12.5. The zero-order valence-electron chi connectivity index (χ0n) is 13.3. The lowest BCUT2D eigenvalue weighted by molar-refractivity contribution is -0.138. The van der Waals surface area contributed by atoms with Gasteiger partial charge in [0.15, 0.2) is 0 Å². The molecule has 2 N–H and O–H groups in total. The van der Waals surface area contributed by atoms with Crippen LogP contribution in [-0.4, -0.2) is 40.1 Å². The van der Waals surface area contributed by atoms with Crippen LogP contribution in [0.25, 0.3) is 0 Å². The minimum atomic E-state index is -0.720. The van der Waals surface area contributed by atoms with E-state index < -0.39 is 5.97 Å². The minimum absolute atomic E-state index is 0.0454. The van der Waals surface area contributed by atoms with E-state index in [0.717, 1.165) is 32.1 Å². The third-order valence-electron chi connectivity index (χ3n) is 5.38. The Labute approximate surface area is 127 Å². The van der Waals surface area contributed by atoms with Crippen LogP contribution >= 0.6 is 0 Å². The molecule has 2 heterocycles. The highest BCUT2D eigenvalue weighted by Crippen LogP contribution is 2.39. The van der Waals surface area contributed by atoms with E-state index in [1.54, 1.807) is 0 Å². The summed E-state index contributed by atoms with van der Waals surface area (Å²) in [4.78, 5) is 25.4. The van der Waals surface area contributed by atoms with Gasteiger partial charge in [-0.05, 0) is 44.4 Å². The average molecular weight is 296 g/mol. The second-order valence-electron chi connectivity index (χ2n) is 6.85. The smallest absolute Gasteiger partial charge is 0.318 e. The summed E-state index contributed by atoms with van der Waals surface area (Å²) in [6, 6.07) is 0.692. The second kappa shape index (κ2) is 6.67. The Kier molecular flexibility index (Phi) is 5.12. The Balaban J connectivity index is 1.93. The molecule has 2 amide bonds. The van der Waals surface area contributed by atoms with Crippen LogP contribution in [0.4, 0.5) is 4.79 Å². The molecule has 120 valence electrons. The highest BCUT2D eigenvalue weighted by Gasteiger charge is 2.43. The molecule has 2 saturated heterocycles. The Morgan fingerprint density at radius 3 is 2.29 bits per heavy atom. The summed E-state index contributed by atoms with van der Waals surface area (Å²) in [6.45, 7) is 6.35. The van der Waals surface area contributed by atoms with Crippen molar-refractivity contribution < 1.29 is 14.7 Å². The predicted octanol–water partition coefficient (Wildman–Crippen LogP) is 2.85. The number of carboxylic acid groups (broad SMARTS) is 1. The molecule has 4 atom stereocenters. The largest absolute Gasteiger partial charge is 0.481 e. The van der Waals surface area contributed by atoms with Gasteiger partial charge in [0.1, 0.15) is 0 Å². The van der Waals surface area contributed by atoms with Crippen molar-refractivity contribution in [2.75, 3.05) is 0 Å². The third-order valence-corrected chi connectivity index (χ3v) is 5.38. The summed E-state index contributed by atoms with van der Waals surface area (Å²) in [5.74, 6) is -0.0186. The van der Waals surface area contributed by atoms with Gasteiger partial charge in [0.25, 0.3) is 0 Å². The molecular formula is C16H28N2O3. The van der Waals surface area contributed by atoms with Gasteiger partial charge in [0, 0.05) is 24.5 Å². The highest BCUT2D eigenvalue weighted by molar-refractivity contribution is 5.76. The summed E-state index contributed by atoms with van der Waals surface area (Å²) in [7, 11) is 0. The normalized spacial score (nSPS) is 30.8. The fourth-order valence-electron chi connectivity index (χ4n) is 3.80. The van der Waals surface area contributed by atoms with Crippen molar-refractivity contribution in [2.24, 2.45) is 11.8 Å². The van der Waals surface area contributed by atoms with Crippen LogP contribution in [0.5, 0.6) is 0 Å². The van der Waals surface area contributed by atoms with Gasteiger partial charge in [-0.15, -0.1) is 0 Å². The third kappa shape index (κ3) is 3.69. The molecule has 2 rings (SSSR count). The number of hydrogen-bond acceptors (Lipinski definition) is 2. The van der Waals surface area contributed by atoms with E-state index in [0.29, 0.717) is 5.92 Å². The molecule has 2 aliphatic rings. The molecule has 2 aliphatic heterocycles. The van der Waals surface area contributed by atoms with Crippen molar-refractivity contribution in [2.45, 2.75) is 77.4 Å². The predicted molar refractivity (Wildman–Crippen MR) is 81.1 cm³/mol. The first-order valence-electron chi connectivity index (χ1n) is 8.23. The Morgan fingerprint density at radius 1 is 1.24 bits per heavy atom. The monoisotopic (exact) mass is 296 g/mol. The molecule has 2 fully saturated rings. The number of hydrogen-bond donors (Lipinski definition) is 2. The number of carboxylic acids is 1. The van der Waals surface area contributed by atoms with Crippen LogP contribution in [0, 0.1) is 11.8 Å². The molecule has 0 spiro atoms. The van der Waals surface area contributed by atoms with E-state index >= 15 is 0 Å². The number of nitrogens with zero attached hydrogens (tertiary/aromatic N) is 1. The molecule has 0 aromatic heterocycles. The van der Waals surface area contributed by atoms with Crippen molar-refractivity contribution in [1.82, 2.24) is 10.2 Å². The van der Waals surface area contributed by atoms with Gasteiger partial charge in [-0.2, -0.15) is 0 Å². The maximum Gasteiger partial charge on any atom is 0.318 e. The van der Waals surface area contributed by atoms with Gasteiger partial charge in [0.2, 0.25) is 0 Å². The number of amides is 2. The molecule has 2 bridgehead atoms. The van der Waals surface area contributed by atoms with Gasteiger partial charge in [-0.3, -0.25) is 4.79 Å². The number of aliphatic carboxylic acids is 1. The minimum Gasteiger partial charge on any atom is -0.481 e. The number of piperidine rings is 1. The summed E-state index contributed by atoms with van der Waals surface area (Å²) in [5, 5.41) is 12.1. The highest BCUT2D eigenvalue weighted by atomic mass is 16.4. The lowest BCUT2D eigenvalue weighted by atomic mass is 9.88. The quantitative estimate of drug-likeness (QED) is 0.819. The number of carbonyl (C=O) groups excluding carboxylic acids is 1. The van der Waals surface area contributed by atoms with Crippen LogP contribution in [0.2, 0.25) is 0 Å². The molecule has 0 radical (unpaired) electrons. The molecule has 0 aliphatic carbocycles. The van der Waals surface area contributed by atoms with E-state index in [1.165, 1.54) is 0 Å². The summed E-state index contributed by atoms with van der Waals surface area (Å²) in [6.07, 6.45) is 5.01. The van der Waals surface area contributed by atoms with Crippen molar-refractivity contribution in [3.05, 3.63) is 0 Å². The van der Waals surface area contributed by atoms with E-state index in [-0.39, 0.29) is 36.5 Å². The van der Waals surface area contributed by atoms with Gasteiger partial charge < -0.3 is 15.3 Å². The molecule has 21 heavy (non-hydrogen) atoms. The number of urea groups is 1. The van der Waals surface area contributed by atoms with Gasteiger partial charge in [-0.25, -0.2) is 4.79 Å². The summed E-state index contributed by atoms with van der Waals surface area (Å²) >= 11 is 0. The number of nitrogens with one attached hydrogen (secondary N) is 1. The van der Waals surface area contributed by atoms with Crippen LogP contribution in [-0.2, 0) is 4.79 Å². The first-order chi connectivity index (χ1) is 9.92. The number of fused-ring (bicyclic) bond motifs is 2. The molecular weight excluding hydrogens is 268 g/mol. The SMILES string of the molecule is CCC(C)C(C)NC(=O)N1C2CCC1CC(CC(=O)O)C2. The van der Waals surface area contributed by atoms with Crippen LogP contribution < -0.4 is 5.32 Å². The number of carbonyl (C=O) groups is 2. The summed E-state index contributed by atoms with van der Waals surface area (Å²) < 4.78 is 0. The summed E-state index contributed by atoms with van der Waals surface area (Å²) in [5.41, 5.74) is 0. The molecule has 5 heteroatoms. The Hall–Kier alpha value is -1.26. The fraction of sp³-hybridized carbons (Fsp3) is 0.875. The van der Waals surface area contributed by atoms with E-state index in [9.17, 15) is 9.59 Å². The standard InChI is InChI=1S/C16H28N2O3/c1-4-10(2)11(3)17-16(21)18-13-5-6-14(18)8-12(7-13)9-15(19)20/h10-14H,4-9H2,1-3H3,(H,17,21)(H,19,20). The Bertz CT molecular complexity index is 385. The van der Waals surface area contributed by atoms with Gasteiger partial charge in [0.05, 0.1) is 0 Å². The van der Waals surface area contributed by atoms with Crippen molar-refractivity contribution in [3.63, 3.8) is 0 Å². The fourth-order valence-corrected chi connectivity index (χ4v) is 3.80. The van der Waals surface area contributed by atoms with Crippen molar-refractivity contribution in [1.29, 1.82) is 0 Å².